The van der Waals surface area contributed by atoms with Crippen molar-refractivity contribution in [1.82, 2.24) is 9.80 Å². The quantitative estimate of drug-likeness (QED) is 0.780. The number of aryl methyl sites for hydroxylation is 1. The van der Waals surface area contributed by atoms with Crippen LogP contribution < -0.4 is 5.32 Å². The molecule has 30 heavy (non-hydrogen) atoms. The van der Waals surface area contributed by atoms with E-state index in [4.69, 9.17) is 5.26 Å². The van der Waals surface area contributed by atoms with Crippen molar-refractivity contribution in [2.45, 2.75) is 13.8 Å². The van der Waals surface area contributed by atoms with Crippen LogP contribution in [0.2, 0.25) is 0 Å². The first kappa shape index (κ1) is 21.3. The van der Waals surface area contributed by atoms with Crippen molar-refractivity contribution < 1.29 is 9.59 Å². The molecule has 1 heterocycles. The summed E-state index contributed by atoms with van der Waals surface area (Å²) in [5, 5.41) is 11.8. The average Bonchev–Trinajstić information content (AvgIpc) is 2.76. The highest BCUT2D eigenvalue weighted by molar-refractivity contribution is 5.93. The second-order valence-corrected chi connectivity index (χ2v) is 7.46. The molecule has 1 aliphatic rings. The Labute approximate surface area is 177 Å². The van der Waals surface area contributed by atoms with Gasteiger partial charge in [0, 0.05) is 37.9 Å². The zero-order valence-electron chi connectivity index (χ0n) is 17.4. The number of carbonyl (C=O) groups excluding carboxylic acids is 2. The van der Waals surface area contributed by atoms with Crippen LogP contribution in [0.1, 0.15) is 22.3 Å². The van der Waals surface area contributed by atoms with E-state index in [0.29, 0.717) is 38.3 Å². The Hall–Kier alpha value is -3.43. The molecule has 3 rings (SSSR count). The molecule has 2 aromatic rings. The van der Waals surface area contributed by atoms with Gasteiger partial charge in [-0.15, -0.1) is 0 Å². The van der Waals surface area contributed by atoms with E-state index in [9.17, 15) is 9.59 Å². The van der Waals surface area contributed by atoms with Gasteiger partial charge in [-0.3, -0.25) is 14.5 Å². The highest BCUT2D eigenvalue weighted by Gasteiger charge is 2.21. The van der Waals surface area contributed by atoms with Gasteiger partial charge in [0.1, 0.15) is 0 Å². The van der Waals surface area contributed by atoms with Crippen LogP contribution in [0.15, 0.2) is 48.5 Å². The van der Waals surface area contributed by atoms with Crippen molar-refractivity contribution in [2.75, 3.05) is 38.0 Å². The van der Waals surface area contributed by atoms with E-state index < -0.39 is 0 Å². The number of nitrogens with one attached hydrogen (secondary N) is 1. The third kappa shape index (κ3) is 5.56. The summed E-state index contributed by atoms with van der Waals surface area (Å²) in [6.07, 6.45) is 3.32. The summed E-state index contributed by atoms with van der Waals surface area (Å²) in [7, 11) is 0. The molecule has 1 N–H and O–H groups in total. The molecule has 0 radical (unpaired) electrons. The molecule has 0 aliphatic carbocycles. The Morgan fingerprint density at radius 2 is 1.77 bits per heavy atom. The Bertz CT molecular complexity index is 981. The number of amides is 2. The van der Waals surface area contributed by atoms with Crippen LogP contribution in [0.4, 0.5) is 5.69 Å². The van der Waals surface area contributed by atoms with Gasteiger partial charge in [0.25, 0.3) is 0 Å². The number of nitrogens with zero attached hydrogens (tertiary/aromatic N) is 3. The standard InChI is InChI=1S/C24H26N4O2/c1-18-4-3-5-22(19(18)2)26-23(29)17-27-12-14-28(15-13-27)24(30)11-10-20-6-8-21(16-25)9-7-20/h3-11H,12-15,17H2,1-2H3,(H,26,29). The molecule has 1 aliphatic heterocycles. The first-order valence-electron chi connectivity index (χ1n) is 10.0. The van der Waals surface area contributed by atoms with Gasteiger partial charge in [0.05, 0.1) is 18.2 Å². The number of piperazine rings is 1. The van der Waals surface area contributed by atoms with E-state index in [1.54, 1.807) is 29.2 Å². The largest absolute Gasteiger partial charge is 0.337 e. The van der Waals surface area contributed by atoms with Gasteiger partial charge < -0.3 is 10.2 Å². The zero-order valence-corrected chi connectivity index (χ0v) is 17.4. The second-order valence-electron chi connectivity index (χ2n) is 7.46. The summed E-state index contributed by atoms with van der Waals surface area (Å²) in [6, 6.07) is 15.0. The number of hydrogen-bond acceptors (Lipinski definition) is 4. The third-order valence-corrected chi connectivity index (χ3v) is 5.39. The van der Waals surface area contributed by atoms with Crippen LogP contribution in [0.5, 0.6) is 0 Å². The molecule has 0 spiro atoms. The van der Waals surface area contributed by atoms with Crippen molar-refractivity contribution in [3.8, 4) is 6.07 Å². The van der Waals surface area contributed by atoms with Gasteiger partial charge in [0.15, 0.2) is 0 Å². The zero-order chi connectivity index (χ0) is 21.5. The molecule has 6 nitrogen and oxygen atoms in total. The lowest BCUT2D eigenvalue weighted by Crippen LogP contribution is -2.50. The molecule has 2 amide bonds. The smallest absolute Gasteiger partial charge is 0.246 e. The maximum Gasteiger partial charge on any atom is 0.246 e. The topological polar surface area (TPSA) is 76.4 Å². The van der Waals surface area contributed by atoms with Crippen LogP contribution in [-0.4, -0.2) is 54.3 Å². The van der Waals surface area contributed by atoms with E-state index in [0.717, 1.165) is 22.4 Å². The summed E-state index contributed by atoms with van der Waals surface area (Å²) in [5.74, 6) is -0.0805. The maximum atomic E-state index is 12.4. The summed E-state index contributed by atoms with van der Waals surface area (Å²) < 4.78 is 0. The van der Waals surface area contributed by atoms with Crippen molar-refractivity contribution >= 4 is 23.6 Å². The number of carbonyl (C=O) groups is 2. The first-order chi connectivity index (χ1) is 14.5. The molecule has 0 atom stereocenters. The normalized spacial score (nSPS) is 14.5. The van der Waals surface area contributed by atoms with E-state index in [2.05, 4.69) is 16.3 Å². The van der Waals surface area contributed by atoms with E-state index in [-0.39, 0.29) is 11.8 Å². The van der Waals surface area contributed by atoms with E-state index in [1.807, 2.05) is 44.2 Å². The molecule has 0 unspecified atom stereocenters. The molecule has 0 bridgehead atoms. The number of benzene rings is 2. The summed E-state index contributed by atoms with van der Waals surface area (Å²) >= 11 is 0. The van der Waals surface area contributed by atoms with Gasteiger partial charge in [0.2, 0.25) is 11.8 Å². The summed E-state index contributed by atoms with van der Waals surface area (Å²) in [6.45, 7) is 6.85. The number of nitriles is 1. The predicted molar refractivity (Wildman–Crippen MR) is 118 cm³/mol. The fraction of sp³-hybridized carbons (Fsp3) is 0.292. The van der Waals surface area contributed by atoms with Gasteiger partial charge in [-0.2, -0.15) is 5.26 Å². The second kappa shape index (κ2) is 9.86. The molecule has 0 aromatic heterocycles. The maximum absolute atomic E-state index is 12.4. The Morgan fingerprint density at radius 3 is 2.43 bits per heavy atom. The average molecular weight is 402 g/mol. The highest BCUT2D eigenvalue weighted by Crippen LogP contribution is 2.18. The van der Waals surface area contributed by atoms with Gasteiger partial charge in [-0.1, -0.05) is 24.3 Å². The lowest BCUT2D eigenvalue weighted by atomic mass is 10.1. The molecule has 1 saturated heterocycles. The van der Waals surface area contributed by atoms with Gasteiger partial charge >= 0.3 is 0 Å². The number of rotatable bonds is 5. The van der Waals surface area contributed by atoms with Crippen molar-refractivity contribution in [1.29, 1.82) is 5.26 Å². The minimum atomic E-state index is -0.0427. The van der Waals surface area contributed by atoms with E-state index in [1.165, 1.54) is 0 Å². The fourth-order valence-electron chi connectivity index (χ4n) is 3.35. The van der Waals surface area contributed by atoms with Crippen LogP contribution in [0.25, 0.3) is 6.08 Å². The first-order valence-corrected chi connectivity index (χ1v) is 10.0. The monoisotopic (exact) mass is 402 g/mol. The lowest BCUT2D eigenvalue weighted by Gasteiger charge is -2.33. The number of anilines is 1. The minimum Gasteiger partial charge on any atom is -0.337 e. The van der Waals surface area contributed by atoms with Crippen LogP contribution in [0, 0.1) is 25.2 Å². The SMILES string of the molecule is Cc1cccc(NC(=O)CN2CCN(C(=O)C=Cc3ccc(C#N)cc3)CC2)c1C. The van der Waals surface area contributed by atoms with Crippen molar-refractivity contribution in [3.63, 3.8) is 0 Å². The Balaban J connectivity index is 1.46. The van der Waals surface area contributed by atoms with Crippen LogP contribution >= 0.6 is 0 Å². The Morgan fingerprint density at radius 1 is 1.07 bits per heavy atom. The summed E-state index contributed by atoms with van der Waals surface area (Å²) in [5.41, 5.74) is 4.55. The number of hydrogen-bond donors (Lipinski definition) is 1. The van der Waals surface area contributed by atoms with Crippen molar-refractivity contribution in [2.24, 2.45) is 0 Å². The predicted octanol–water partition coefficient (Wildman–Crippen LogP) is 2.97. The molecule has 154 valence electrons. The highest BCUT2D eigenvalue weighted by atomic mass is 16.2. The van der Waals surface area contributed by atoms with Crippen molar-refractivity contribution in [3.05, 3.63) is 70.8 Å². The lowest BCUT2D eigenvalue weighted by molar-refractivity contribution is -0.127. The molecule has 1 fully saturated rings. The van der Waals surface area contributed by atoms with Crippen LogP contribution in [-0.2, 0) is 9.59 Å². The Kier molecular flexibility index (Phi) is 6.99. The molecular formula is C24H26N4O2. The van der Waals surface area contributed by atoms with Gasteiger partial charge in [-0.05, 0) is 54.8 Å². The van der Waals surface area contributed by atoms with E-state index >= 15 is 0 Å². The third-order valence-electron chi connectivity index (χ3n) is 5.39. The molecule has 2 aromatic carbocycles. The fourth-order valence-corrected chi connectivity index (χ4v) is 3.35. The minimum absolute atomic E-state index is 0.0378. The van der Waals surface area contributed by atoms with Gasteiger partial charge in [-0.25, -0.2) is 0 Å². The van der Waals surface area contributed by atoms with Crippen LogP contribution in [0.3, 0.4) is 0 Å². The summed E-state index contributed by atoms with van der Waals surface area (Å²) in [4.78, 5) is 28.7. The molecular weight excluding hydrogens is 376 g/mol. The molecule has 6 heteroatoms. The molecule has 0 saturated carbocycles.